The summed E-state index contributed by atoms with van der Waals surface area (Å²) in [7, 11) is -7.99. The van der Waals surface area contributed by atoms with Gasteiger partial charge in [0.1, 0.15) is 4.91 Å². The fourth-order valence-electron chi connectivity index (χ4n) is 2.53. The number of allylic oxidation sites excluding steroid dienone is 2. The van der Waals surface area contributed by atoms with Gasteiger partial charge in [-0.3, -0.25) is 4.79 Å². The van der Waals surface area contributed by atoms with Crippen molar-refractivity contribution in [3.8, 4) is 0 Å². The van der Waals surface area contributed by atoms with Gasteiger partial charge in [-0.2, -0.15) is 4.40 Å². The summed E-state index contributed by atoms with van der Waals surface area (Å²) in [5.74, 6) is -0.965. The molecule has 0 saturated heterocycles. The maximum Gasteiger partial charge on any atom is 0.253 e. The highest BCUT2D eigenvalue weighted by Gasteiger charge is 2.34. The lowest BCUT2D eigenvalue weighted by molar-refractivity contribution is 0.104. The number of hydrogen-bond acceptors (Lipinski definition) is 5. The van der Waals surface area contributed by atoms with Crippen molar-refractivity contribution in [1.82, 2.24) is 0 Å². The number of carbonyl (C=O) groups excluding carboxylic acids is 1. The average molecular weight is 424 g/mol. The first-order chi connectivity index (χ1) is 12.7. The lowest BCUT2D eigenvalue weighted by atomic mass is 9.94. The molecule has 0 atom stereocenters. The second-order valence-electron chi connectivity index (χ2n) is 5.69. The molecule has 0 unspecified atom stereocenters. The van der Waals surface area contributed by atoms with E-state index >= 15 is 0 Å². The number of sulfonamides is 1. The molecule has 1 aliphatic rings. The van der Waals surface area contributed by atoms with E-state index in [1.807, 2.05) is 0 Å². The molecule has 0 fully saturated rings. The molecule has 0 N–H and O–H groups in total. The van der Waals surface area contributed by atoms with E-state index in [0.717, 1.165) is 6.08 Å². The smallest absolute Gasteiger partial charge is 0.253 e. The predicted molar refractivity (Wildman–Crippen MR) is 103 cm³/mol. The van der Waals surface area contributed by atoms with E-state index in [4.69, 9.17) is 11.6 Å². The Kier molecular flexibility index (Phi) is 5.07. The number of hydrogen-bond donors (Lipinski definition) is 0. The van der Waals surface area contributed by atoms with E-state index in [-0.39, 0.29) is 27.5 Å². The summed E-state index contributed by atoms with van der Waals surface area (Å²) in [6.07, 6.45) is 1.02. The fourth-order valence-corrected chi connectivity index (χ4v) is 4.61. The number of carbonyl (C=O) groups is 1. The third kappa shape index (κ3) is 3.73. The molecule has 0 amide bonds. The molecule has 0 heterocycles. The van der Waals surface area contributed by atoms with Crippen LogP contribution in [-0.2, 0) is 19.9 Å². The van der Waals surface area contributed by atoms with Crippen molar-refractivity contribution in [1.29, 1.82) is 0 Å². The summed E-state index contributed by atoms with van der Waals surface area (Å²) >= 11 is 5.79. The van der Waals surface area contributed by atoms with Gasteiger partial charge in [-0.1, -0.05) is 35.9 Å². The van der Waals surface area contributed by atoms with E-state index < -0.39 is 30.5 Å². The van der Waals surface area contributed by atoms with Crippen molar-refractivity contribution in [2.45, 2.75) is 11.8 Å². The maximum absolute atomic E-state index is 13.0. The van der Waals surface area contributed by atoms with Gasteiger partial charge in [0.05, 0.1) is 16.4 Å². The van der Waals surface area contributed by atoms with Gasteiger partial charge in [0.2, 0.25) is 15.6 Å². The molecule has 1 aliphatic carbocycles. The van der Waals surface area contributed by atoms with E-state index in [0.29, 0.717) is 5.02 Å². The van der Waals surface area contributed by atoms with Crippen LogP contribution in [0.2, 0.25) is 5.02 Å². The lowest BCUT2D eigenvalue weighted by Crippen LogP contribution is -2.23. The minimum Gasteiger partial charge on any atom is -0.288 e. The maximum atomic E-state index is 13.0. The molecule has 2 aromatic carbocycles. The number of halogens is 1. The SMILES string of the molecule is CCS(=O)(=O)/N=C1\C=C(S(=O)(=O)c2ccc(Cl)cc2)C(=O)c2ccccc21. The van der Waals surface area contributed by atoms with Crippen molar-refractivity contribution >= 4 is 43.0 Å². The highest BCUT2D eigenvalue weighted by atomic mass is 35.5. The molecule has 6 nitrogen and oxygen atoms in total. The van der Waals surface area contributed by atoms with Gasteiger partial charge < -0.3 is 0 Å². The van der Waals surface area contributed by atoms with Crippen molar-refractivity contribution in [2.75, 3.05) is 5.75 Å². The number of Topliss-reactive ketones (excluding diaryl/α,β-unsaturated/α-hetero) is 1. The zero-order valence-corrected chi connectivity index (χ0v) is 16.5. The molecule has 9 heteroatoms. The fraction of sp³-hybridized carbons (Fsp3) is 0.111. The molecule has 0 spiro atoms. The standard InChI is InChI=1S/C18H14ClNO5S2/c1-2-26(22,23)20-16-11-17(18(21)15-6-4-3-5-14(15)16)27(24,25)13-9-7-12(19)8-10-13/h3-11H,2H2,1H3/b20-16+. The number of benzene rings is 2. The molecule has 0 radical (unpaired) electrons. The summed E-state index contributed by atoms with van der Waals surface area (Å²) in [5, 5.41) is 0.347. The average Bonchev–Trinajstić information content (AvgIpc) is 2.64. The quantitative estimate of drug-likeness (QED) is 0.752. The van der Waals surface area contributed by atoms with E-state index in [1.165, 1.54) is 43.3 Å². The zero-order chi connectivity index (χ0) is 19.8. The first kappa shape index (κ1) is 19.5. The number of fused-ring (bicyclic) bond motifs is 1. The molecule has 2 aromatic rings. The van der Waals surface area contributed by atoms with Crippen LogP contribution in [0.5, 0.6) is 0 Å². The molecule has 3 rings (SSSR count). The Hall–Kier alpha value is -2.29. The molecule has 0 saturated carbocycles. The van der Waals surface area contributed by atoms with Crippen LogP contribution in [-0.4, -0.2) is 34.1 Å². The van der Waals surface area contributed by atoms with Gasteiger partial charge in [0.15, 0.2) is 0 Å². The molecule has 0 aromatic heterocycles. The Bertz CT molecular complexity index is 1190. The predicted octanol–water partition coefficient (Wildman–Crippen LogP) is 3.03. The number of sulfone groups is 1. The van der Waals surface area contributed by atoms with Crippen LogP contribution >= 0.6 is 11.6 Å². The minimum absolute atomic E-state index is 0.0811. The molecule has 0 aliphatic heterocycles. The zero-order valence-electron chi connectivity index (χ0n) is 14.1. The van der Waals surface area contributed by atoms with Crippen LogP contribution in [0.1, 0.15) is 22.8 Å². The van der Waals surface area contributed by atoms with Crippen molar-refractivity contribution in [3.05, 3.63) is 75.7 Å². The topological polar surface area (TPSA) is 97.7 Å². The van der Waals surface area contributed by atoms with Crippen LogP contribution < -0.4 is 0 Å². The van der Waals surface area contributed by atoms with Crippen LogP contribution in [0, 0.1) is 0 Å². The highest BCUT2D eigenvalue weighted by Crippen LogP contribution is 2.30. The Morgan fingerprint density at radius 3 is 2.11 bits per heavy atom. The van der Waals surface area contributed by atoms with Crippen molar-refractivity contribution < 1.29 is 21.6 Å². The summed E-state index contributed by atoms with van der Waals surface area (Å²) in [6.45, 7) is 1.42. The van der Waals surface area contributed by atoms with Gasteiger partial charge in [-0.25, -0.2) is 16.8 Å². The Morgan fingerprint density at radius 2 is 1.52 bits per heavy atom. The van der Waals surface area contributed by atoms with Crippen LogP contribution in [0.25, 0.3) is 0 Å². The van der Waals surface area contributed by atoms with Gasteiger partial charge >= 0.3 is 0 Å². The van der Waals surface area contributed by atoms with Crippen LogP contribution in [0.4, 0.5) is 0 Å². The summed E-state index contributed by atoms with van der Waals surface area (Å²) in [5.41, 5.74) is 0.270. The third-order valence-corrected chi connectivity index (χ3v) is 7.19. The Balaban J connectivity index is 2.25. The van der Waals surface area contributed by atoms with Gasteiger partial charge in [0.25, 0.3) is 10.0 Å². The van der Waals surface area contributed by atoms with Crippen molar-refractivity contribution in [3.63, 3.8) is 0 Å². The van der Waals surface area contributed by atoms with Crippen LogP contribution in [0.3, 0.4) is 0 Å². The van der Waals surface area contributed by atoms with Crippen LogP contribution in [0.15, 0.2) is 68.8 Å². The second kappa shape index (κ2) is 7.03. The molecular formula is C18H14ClNO5S2. The number of rotatable bonds is 4. The first-order valence-corrected chi connectivity index (χ1v) is 11.3. The second-order valence-corrected chi connectivity index (χ2v) is 9.97. The van der Waals surface area contributed by atoms with E-state index in [1.54, 1.807) is 12.1 Å². The molecule has 0 bridgehead atoms. The monoisotopic (exact) mass is 423 g/mol. The summed E-state index contributed by atoms with van der Waals surface area (Å²) in [6, 6.07) is 11.5. The van der Waals surface area contributed by atoms with E-state index in [2.05, 4.69) is 4.40 Å². The number of ketones is 1. The highest BCUT2D eigenvalue weighted by molar-refractivity contribution is 7.96. The Morgan fingerprint density at radius 1 is 0.926 bits per heavy atom. The largest absolute Gasteiger partial charge is 0.288 e. The normalized spacial score (nSPS) is 16.1. The molecular weight excluding hydrogens is 410 g/mol. The van der Waals surface area contributed by atoms with Gasteiger partial charge in [-0.05, 0) is 37.3 Å². The summed E-state index contributed by atoms with van der Waals surface area (Å²) < 4.78 is 53.5. The third-order valence-electron chi connectivity index (χ3n) is 3.95. The number of nitrogens with zero attached hydrogens (tertiary/aromatic N) is 1. The summed E-state index contributed by atoms with van der Waals surface area (Å²) in [4.78, 5) is 12.2. The molecule has 140 valence electrons. The Labute approximate surface area is 162 Å². The lowest BCUT2D eigenvalue weighted by Gasteiger charge is -2.17. The minimum atomic E-state index is -4.19. The first-order valence-electron chi connectivity index (χ1n) is 7.85. The van der Waals surface area contributed by atoms with Gasteiger partial charge in [0, 0.05) is 16.1 Å². The van der Waals surface area contributed by atoms with Gasteiger partial charge in [-0.15, -0.1) is 0 Å². The van der Waals surface area contributed by atoms with Crippen molar-refractivity contribution in [2.24, 2.45) is 4.40 Å². The molecule has 27 heavy (non-hydrogen) atoms. The van der Waals surface area contributed by atoms with E-state index in [9.17, 15) is 21.6 Å².